The topological polar surface area (TPSA) is 40.5 Å². The molecular weight excluding hydrogens is 274 g/mol. The summed E-state index contributed by atoms with van der Waals surface area (Å²) in [7, 11) is 0. The standard InChI is InChI=1S/C19H21NO2/c21-17-14-3-1-2-4-15(14)19(22)16-13-6-11-5-12(7-13)9-18(16,8-11)10-20(17)19/h1-4,11-13,16,22H,5-10H2/t11-,12+,13?,16-,18?,19+/m1/s1. The number of rotatable bonds is 0. The molecule has 1 spiro atoms. The molecular formula is C19H21NO2. The molecule has 22 heavy (non-hydrogen) atoms. The van der Waals surface area contributed by atoms with Crippen LogP contribution in [0.15, 0.2) is 24.3 Å². The maximum absolute atomic E-state index is 12.9. The van der Waals surface area contributed by atoms with Crippen LogP contribution in [0.1, 0.15) is 48.0 Å². The predicted octanol–water partition coefficient (Wildman–Crippen LogP) is 2.74. The molecule has 2 unspecified atom stereocenters. The highest BCUT2D eigenvalue weighted by Crippen LogP contribution is 2.71. The largest absolute Gasteiger partial charge is 0.366 e. The second kappa shape index (κ2) is 3.43. The summed E-state index contributed by atoms with van der Waals surface area (Å²) < 4.78 is 0. The molecule has 7 rings (SSSR count). The van der Waals surface area contributed by atoms with Gasteiger partial charge < -0.3 is 10.0 Å². The van der Waals surface area contributed by atoms with Gasteiger partial charge in [-0.05, 0) is 61.3 Å². The minimum Gasteiger partial charge on any atom is -0.366 e. The third-order valence-corrected chi connectivity index (χ3v) is 7.58. The first-order valence-corrected chi connectivity index (χ1v) is 8.76. The van der Waals surface area contributed by atoms with Gasteiger partial charge in [-0.1, -0.05) is 18.2 Å². The van der Waals surface area contributed by atoms with Gasteiger partial charge in [-0.15, -0.1) is 0 Å². The Bertz CT molecular complexity index is 699. The molecule has 3 nitrogen and oxygen atoms in total. The number of nitrogens with zero attached hydrogens (tertiary/aromatic N) is 1. The van der Waals surface area contributed by atoms with Gasteiger partial charge in [0.1, 0.15) is 0 Å². The Morgan fingerprint density at radius 3 is 2.59 bits per heavy atom. The maximum Gasteiger partial charge on any atom is 0.256 e. The smallest absolute Gasteiger partial charge is 0.256 e. The Balaban J connectivity index is 1.59. The molecule has 1 amide bonds. The van der Waals surface area contributed by atoms with Crippen LogP contribution in [0, 0.1) is 29.1 Å². The highest BCUT2D eigenvalue weighted by Gasteiger charge is 2.72. The van der Waals surface area contributed by atoms with Crippen molar-refractivity contribution in [1.82, 2.24) is 4.90 Å². The summed E-state index contributed by atoms with van der Waals surface area (Å²) >= 11 is 0. The van der Waals surface area contributed by atoms with Crippen molar-refractivity contribution in [3.8, 4) is 0 Å². The van der Waals surface area contributed by atoms with Crippen molar-refractivity contribution in [2.24, 2.45) is 29.1 Å². The lowest BCUT2D eigenvalue weighted by atomic mass is 9.44. The van der Waals surface area contributed by atoms with Gasteiger partial charge in [0, 0.05) is 23.6 Å². The number of carbonyl (C=O) groups excluding carboxylic acids is 1. The van der Waals surface area contributed by atoms with E-state index in [-0.39, 0.29) is 17.2 Å². The SMILES string of the molecule is O=C1c2ccccc2[C@]2(O)[C@@H]3C4C[C@@H]5C[C@H](C4)CC3(C5)CN12. The van der Waals surface area contributed by atoms with E-state index >= 15 is 0 Å². The van der Waals surface area contributed by atoms with Gasteiger partial charge in [0.25, 0.3) is 5.91 Å². The number of hydrogen-bond acceptors (Lipinski definition) is 2. The highest BCUT2D eigenvalue weighted by atomic mass is 16.3. The molecule has 2 heterocycles. The molecule has 1 N–H and O–H groups in total. The number of aliphatic hydroxyl groups is 1. The molecule has 6 atom stereocenters. The number of carbonyl (C=O) groups is 1. The minimum absolute atomic E-state index is 0.0567. The van der Waals surface area contributed by atoms with E-state index < -0.39 is 5.72 Å². The van der Waals surface area contributed by atoms with Crippen molar-refractivity contribution in [3.63, 3.8) is 0 Å². The van der Waals surface area contributed by atoms with E-state index in [1.54, 1.807) is 0 Å². The average Bonchev–Trinajstić information content (AvgIpc) is 2.86. The van der Waals surface area contributed by atoms with E-state index in [9.17, 15) is 9.90 Å². The van der Waals surface area contributed by atoms with Gasteiger partial charge in [0.05, 0.1) is 0 Å². The second-order valence-corrected chi connectivity index (χ2v) is 8.61. The first-order valence-electron chi connectivity index (χ1n) is 8.76. The molecule has 4 aliphatic carbocycles. The first kappa shape index (κ1) is 12.1. The van der Waals surface area contributed by atoms with Crippen molar-refractivity contribution in [3.05, 3.63) is 35.4 Å². The number of benzene rings is 1. The molecule has 2 aliphatic heterocycles. The van der Waals surface area contributed by atoms with Crippen LogP contribution in [-0.2, 0) is 5.72 Å². The fourth-order valence-electron chi connectivity index (χ4n) is 7.47. The fourth-order valence-corrected chi connectivity index (χ4v) is 7.47. The molecule has 4 bridgehead atoms. The van der Waals surface area contributed by atoms with E-state index in [1.165, 1.54) is 32.1 Å². The highest BCUT2D eigenvalue weighted by molar-refractivity contribution is 6.00. The van der Waals surface area contributed by atoms with Gasteiger partial charge in [-0.2, -0.15) is 0 Å². The molecule has 6 aliphatic rings. The Morgan fingerprint density at radius 2 is 1.82 bits per heavy atom. The van der Waals surface area contributed by atoms with E-state index in [1.807, 2.05) is 29.2 Å². The van der Waals surface area contributed by atoms with Crippen molar-refractivity contribution in [1.29, 1.82) is 0 Å². The van der Waals surface area contributed by atoms with E-state index in [0.717, 1.165) is 29.5 Å². The zero-order chi connectivity index (χ0) is 14.7. The lowest BCUT2D eigenvalue weighted by Crippen LogP contribution is -2.56. The van der Waals surface area contributed by atoms with Gasteiger partial charge in [0.2, 0.25) is 0 Å². The first-order chi connectivity index (χ1) is 10.6. The molecule has 0 aromatic heterocycles. The summed E-state index contributed by atoms with van der Waals surface area (Å²) in [5, 5.41) is 11.8. The van der Waals surface area contributed by atoms with Gasteiger partial charge in [-0.3, -0.25) is 4.79 Å². The average molecular weight is 295 g/mol. The van der Waals surface area contributed by atoms with Crippen LogP contribution in [0.25, 0.3) is 0 Å². The Labute approximate surface area is 130 Å². The van der Waals surface area contributed by atoms with Crippen LogP contribution in [0.5, 0.6) is 0 Å². The van der Waals surface area contributed by atoms with E-state index in [0.29, 0.717) is 5.92 Å². The maximum atomic E-state index is 12.9. The normalized spacial score (nSPS) is 50.2. The third kappa shape index (κ3) is 1.10. The molecule has 1 aromatic carbocycles. The third-order valence-electron chi connectivity index (χ3n) is 7.58. The molecule has 114 valence electrons. The summed E-state index contributed by atoms with van der Waals surface area (Å²) in [6.07, 6.45) is 6.41. The predicted molar refractivity (Wildman–Crippen MR) is 80.9 cm³/mol. The van der Waals surface area contributed by atoms with Gasteiger partial charge >= 0.3 is 0 Å². The van der Waals surface area contributed by atoms with Crippen LogP contribution in [-0.4, -0.2) is 22.5 Å². The number of fused-ring (bicyclic) bond motifs is 3. The number of amides is 1. The van der Waals surface area contributed by atoms with Crippen LogP contribution in [0.4, 0.5) is 0 Å². The quantitative estimate of drug-likeness (QED) is 0.799. The zero-order valence-electron chi connectivity index (χ0n) is 12.7. The second-order valence-electron chi connectivity index (χ2n) is 8.61. The van der Waals surface area contributed by atoms with Crippen LogP contribution in [0.3, 0.4) is 0 Å². The van der Waals surface area contributed by atoms with Crippen LogP contribution >= 0.6 is 0 Å². The molecule has 1 saturated heterocycles. The summed E-state index contributed by atoms with van der Waals surface area (Å²) in [6.45, 7) is 0.783. The van der Waals surface area contributed by atoms with E-state index in [2.05, 4.69) is 0 Å². The van der Waals surface area contributed by atoms with E-state index in [4.69, 9.17) is 0 Å². The molecule has 1 aromatic rings. The Morgan fingerprint density at radius 1 is 1.09 bits per heavy atom. The molecule has 5 fully saturated rings. The van der Waals surface area contributed by atoms with Crippen molar-refractivity contribution < 1.29 is 9.90 Å². The van der Waals surface area contributed by atoms with Crippen molar-refractivity contribution in [2.75, 3.05) is 6.54 Å². The minimum atomic E-state index is -1.02. The van der Waals surface area contributed by atoms with Crippen molar-refractivity contribution in [2.45, 2.75) is 37.8 Å². The lowest BCUT2D eigenvalue weighted by Gasteiger charge is -2.60. The summed E-state index contributed by atoms with van der Waals surface area (Å²) in [6, 6.07) is 7.75. The van der Waals surface area contributed by atoms with Crippen molar-refractivity contribution >= 4 is 5.91 Å². The monoisotopic (exact) mass is 295 g/mol. The Kier molecular flexibility index (Phi) is 1.89. The summed E-state index contributed by atoms with van der Waals surface area (Å²) in [5.41, 5.74) is 0.793. The lowest BCUT2D eigenvalue weighted by molar-refractivity contribution is -0.172. The van der Waals surface area contributed by atoms with Gasteiger partial charge in [-0.25, -0.2) is 0 Å². The van der Waals surface area contributed by atoms with Crippen LogP contribution in [0.2, 0.25) is 0 Å². The summed E-state index contributed by atoms with van der Waals surface area (Å²) in [4.78, 5) is 14.7. The van der Waals surface area contributed by atoms with Gasteiger partial charge in [0.15, 0.2) is 5.72 Å². The molecule has 3 heteroatoms. The molecule has 4 saturated carbocycles. The van der Waals surface area contributed by atoms with Crippen LogP contribution < -0.4 is 0 Å². The Hall–Kier alpha value is -1.35. The molecule has 0 radical (unpaired) electrons. The number of hydrogen-bond donors (Lipinski definition) is 1. The summed E-state index contributed by atoms with van der Waals surface area (Å²) in [5.74, 6) is 2.63. The fraction of sp³-hybridized carbons (Fsp3) is 0.632. The zero-order valence-corrected chi connectivity index (χ0v) is 12.7.